The summed E-state index contributed by atoms with van der Waals surface area (Å²) in [5.41, 5.74) is 1.14. The maximum absolute atomic E-state index is 12.8. The Labute approximate surface area is 158 Å². The van der Waals surface area contributed by atoms with E-state index in [1.807, 2.05) is 29.2 Å². The summed E-state index contributed by atoms with van der Waals surface area (Å²) in [5.74, 6) is -0.380. The van der Waals surface area contributed by atoms with Crippen molar-refractivity contribution in [2.45, 2.75) is 38.5 Å². The first-order valence-corrected chi connectivity index (χ1v) is 9.82. The number of carbonyl (C=O) groups is 3. The standard InChI is InChI=1S/C22H24N2O3/c25-19(23-13-3-1-2-4-14-23)12-7-15-24-21(26)17-10-5-8-16-9-6-11-18(20(16)17)22(24)27/h5-6,8-11H,1-4,7,12-15H2. The topological polar surface area (TPSA) is 57.7 Å². The van der Waals surface area contributed by atoms with E-state index >= 15 is 0 Å². The van der Waals surface area contributed by atoms with Gasteiger partial charge in [-0.15, -0.1) is 0 Å². The van der Waals surface area contributed by atoms with Gasteiger partial charge in [0.2, 0.25) is 5.91 Å². The van der Waals surface area contributed by atoms with E-state index in [1.54, 1.807) is 12.1 Å². The van der Waals surface area contributed by atoms with Crippen molar-refractivity contribution in [2.24, 2.45) is 0 Å². The van der Waals surface area contributed by atoms with Crippen molar-refractivity contribution >= 4 is 28.5 Å². The number of amides is 3. The van der Waals surface area contributed by atoms with Gasteiger partial charge in [0.15, 0.2) is 0 Å². The number of imide groups is 1. The molecule has 2 heterocycles. The van der Waals surface area contributed by atoms with Crippen LogP contribution in [-0.2, 0) is 4.79 Å². The van der Waals surface area contributed by atoms with Gasteiger partial charge in [-0.2, -0.15) is 0 Å². The van der Waals surface area contributed by atoms with E-state index in [9.17, 15) is 14.4 Å². The molecular formula is C22H24N2O3. The van der Waals surface area contributed by atoms with Gasteiger partial charge >= 0.3 is 0 Å². The summed E-state index contributed by atoms with van der Waals surface area (Å²) in [7, 11) is 0. The molecular weight excluding hydrogens is 340 g/mol. The highest BCUT2D eigenvalue weighted by molar-refractivity contribution is 6.25. The molecule has 1 saturated heterocycles. The van der Waals surface area contributed by atoms with E-state index in [1.165, 1.54) is 17.7 Å². The third-order valence-electron chi connectivity index (χ3n) is 5.59. The molecule has 0 unspecified atom stereocenters. The van der Waals surface area contributed by atoms with Gasteiger partial charge in [-0.05, 0) is 36.8 Å². The fourth-order valence-corrected chi connectivity index (χ4v) is 4.15. The second-order valence-corrected chi connectivity index (χ2v) is 7.37. The van der Waals surface area contributed by atoms with Crippen LogP contribution in [-0.4, -0.2) is 47.2 Å². The Balaban J connectivity index is 1.45. The highest BCUT2D eigenvalue weighted by Gasteiger charge is 2.32. The fraction of sp³-hybridized carbons (Fsp3) is 0.409. The van der Waals surface area contributed by atoms with Crippen molar-refractivity contribution in [2.75, 3.05) is 19.6 Å². The van der Waals surface area contributed by atoms with Crippen molar-refractivity contribution in [3.05, 3.63) is 47.5 Å². The lowest BCUT2D eigenvalue weighted by molar-refractivity contribution is -0.131. The third-order valence-corrected chi connectivity index (χ3v) is 5.59. The van der Waals surface area contributed by atoms with Crippen LogP contribution < -0.4 is 0 Å². The molecule has 3 amide bonds. The maximum atomic E-state index is 12.8. The van der Waals surface area contributed by atoms with Gasteiger partial charge in [-0.3, -0.25) is 19.3 Å². The van der Waals surface area contributed by atoms with Crippen LogP contribution in [0.2, 0.25) is 0 Å². The van der Waals surface area contributed by atoms with Crippen LogP contribution in [0.1, 0.15) is 59.2 Å². The number of rotatable bonds is 4. The zero-order valence-electron chi connectivity index (χ0n) is 15.4. The minimum Gasteiger partial charge on any atom is -0.343 e. The molecule has 0 spiro atoms. The maximum Gasteiger partial charge on any atom is 0.261 e. The molecule has 0 aliphatic carbocycles. The molecule has 2 aliphatic rings. The quantitative estimate of drug-likeness (QED) is 0.779. The molecule has 0 bridgehead atoms. The van der Waals surface area contributed by atoms with Gasteiger partial charge in [-0.25, -0.2) is 0 Å². The van der Waals surface area contributed by atoms with Gasteiger partial charge in [0, 0.05) is 42.6 Å². The molecule has 0 N–H and O–H groups in total. The first kappa shape index (κ1) is 17.7. The summed E-state index contributed by atoms with van der Waals surface area (Å²) in [6.07, 6.45) is 5.39. The summed E-state index contributed by atoms with van der Waals surface area (Å²) in [4.78, 5) is 41.4. The predicted molar refractivity (Wildman–Crippen MR) is 104 cm³/mol. The molecule has 5 nitrogen and oxygen atoms in total. The Morgan fingerprint density at radius 3 is 2.04 bits per heavy atom. The highest BCUT2D eigenvalue weighted by atomic mass is 16.2. The Hall–Kier alpha value is -2.69. The van der Waals surface area contributed by atoms with Crippen LogP contribution in [0.4, 0.5) is 0 Å². The zero-order valence-corrected chi connectivity index (χ0v) is 15.4. The first-order valence-electron chi connectivity index (χ1n) is 9.82. The summed E-state index contributed by atoms with van der Waals surface area (Å²) in [6.45, 7) is 1.94. The average molecular weight is 364 g/mol. The van der Waals surface area contributed by atoms with Crippen molar-refractivity contribution in [3.63, 3.8) is 0 Å². The number of hydrogen-bond acceptors (Lipinski definition) is 3. The molecule has 0 aromatic heterocycles. The molecule has 0 saturated carbocycles. The molecule has 2 aromatic carbocycles. The van der Waals surface area contributed by atoms with Crippen LogP contribution in [0, 0.1) is 0 Å². The minimum absolute atomic E-state index is 0.135. The monoisotopic (exact) mass is 364 g/mol. The van der Waals surface area contributed by atoms with Crippen LogP contribution in [0.3, 0.4) is 0 Å². The second-order valence-electron chi connectivity index (χ2n) is 7.37. The largest absolute Gasteiger partial charge is 0.343 e. The van der Waals surface area contributed by atoms with E-state index in [2.05, 4.69) is 0 Å². The fourth-order valence-electron chi connectivity index (χ4n) is 4.15. The number of likely N-dealkylation sites (tertiary alicyclic amines) is 1. The van der Waals surface area contributed by atoms with Crippen LogP contribution in [0.15, 0.2) is 36.4 Å². The average Bonchev–Trinajstić information content (AvgIpc) is 2.98. The van der Waals surface area contributed by atoms with Crippen molar-refractivity contribution in [1.82, 2.24) is 9.80 Å². The van der Waals surface area contributed by atoms with Crippen LogP contribution in [0.25, 0.3) is 10.8 Å². The van der Waals surface area contributed by atoms with E-state index < -0.39 is 0 Å². The summed E-state index contributed by atoms with van der Waals surface area (Å²) < 4.78 is 0. The second kappa shape index (κ2) is 7.51. The molecule has 2 aromatic rings. The van der Waals surface area contributed by atoms with Gasteiger partial charge in [0.25, 0.3) is 11.8 Å². The number of hydrogen-bond donors (Lipinski definition) is 0. The normalized spacial score (nSPS) is 17.3. The lowest BCUT2D eigenvalue weighted by Gasteiger charge is -2.27. The highest BCUT2D eigenvalue weighted by Crippen LogP contribution is 2.30. The Kier molecular flexibility index (Phi) is 4.92. The van der Waals surface area contributed by atoms with Crippen molar-refractivity contribution < 1.29 is 14.4 Å². The minimum atomic E-state index is -0.258. The number of benzene rings is 2. The van der Waals surface area contributed by atoms with E-state index in [-0.39, 0.29) is 24.3 Å². The van der Waals surface area contributed by atoms with Crippen molar-refractivity contribution in [1.29, 1.82) is 0 Å². The lowest BCUT2D eigenvalue weighted by Crippen LogP contribution is -2.41. The van der Waals surface area contributed by atoms with Crippen LogP contribution >= 0.6 is 0 Å². The molecule has 27 heavy (non-hydrogen) atoms. The van der Waals surface area contributed by atoms with E-state index in [4.69, 9.17) is 0 Å². The molecule has 5 heteroatoms. The first-order chi connectivity index (χ1) is 13.2. The van der Waals surface area contributed by atoms with Crippen molar-refractivity contribution in [3.8, 4) is 0 Å². The SMILES string of the molecule is O=C(CCCN1C(=O)c2cccc3cccc(c23)C1=O)N1CCCCCC1. The Bertz CT molecular complexity index is 847. The third kappa shape index (κ3) is 3.34. The summed E-state index contributed by atoms with van der Waals surface area (Å²) in [5, 5.41) is 1.65. The lowest BCUT2D eigenvalue weighted by atomic mass is 9.94. The predicted octanol–water partition coefficient (Wildman–Crippen LogP) is 3.62. The molecule has 1 fully saturated rings. The van der Waals surface area contributed by atoms with Gasteiger partial charge < -0.3 is 4.90 Å². The van der Waals surface area contributed by atoms with E-state index in [0.717, 1.165) is 36.7 Å². The van der Waals surface area contributed by atoms with E-state index in [0.29, 0.717) is 24.0 Å². The molecule has 4 rings (SSSR count). The summed E-state index contributed by atoms with van der Waals surface area (Å²) >= 11 is 0. The summed E-state index contributed by atoms with van der Waals surface area (Å²) in [6, 6.07) is 11.1. The van der Waals surface area contributed by atoms with Gasteiger partial charge in [0.1, 0.15) is 0 Å². The number of nitrogens with zero attached hydrogens (tertiary/aromatic N) is 2. The smallest absolute Gasteiger partial charge is 0.261 e. The van der Waals surface area contributed by atoms with Gasteiger partial charge in [0.05, 0.1) is 0 Å². The Morgan fingerprint density at radius 1 is 0.852 bits per heavy atom. The molecule has 0 atom stereocenters. The van der Waals surface area contributed by atoms with Gasteiger partial charge in [-0.1, -0.05) is 37.1 Å². The molecule has 2 aliphatic heterocycles. The Morgan fingerprint density at radius 2 is 1.44 bits per heavy atom. The van der Waals surface area contributed by atoms with Crippen LogP contribution in [0.5, 0.6) is 0 Å². The molecule has 140 valence electrons. The zero-order chi connectivity index (χ0) is 18.8. The molecule has 0 radical (unpaired) electrons. The number of carbonyl (C=O) groups excluding carboxylic acids is 3.